The van der Waals surface area contributed by atoms with E-state index in [9.17, 15) is 4.79 Å². The van der Waals surface area contributed by atoms with Crippen LogP contribution < -0.4 is 10.1 Å². The lowest BCUT2D eigenvalue weighted by Gasteiger charge is -2.22. The van der Waals surface area contributed by atoms with Gasteiger partial charge in [0.1, 0.15) is 12.4 Å². The van der Waals surface area contributed by atoms with E-state index in [-0.39, 0.29) is 5.91 Å². The van der Waals surface area contributed by atoms with Crippen molar-refractivity contribution in [1.29, 1.82) is 0 Å². The molecule has 0 bridgehead atoms. The van der Waals surface area contributed by atoms with E-state index in [1.165, 1.54) is 42.2 Å². The van der Waals surface area contributed by atoms with Gasteiger partial charge in [0.25, 0.3) is 0 Å². The summed E-state index contributed by atoms with van der Waals surface area (Å²) in [5, 5.41) is 12.3. The van der Waals surface area contributed by atoms with Crippen LogP contribution >= 0.6 is 11.8 Å². The van der Waals surface area contributed by atoms with Crippen LogP contribution in [0.5, 0.6) is 5.75 Å². The first-order chi connectivity index (χ1) is 13.0. The fourth-order valence-electron chi connectivity index (χ4n) is 3.19. The summed E-state index contributed by atoms with van der Waals surface area (Å²) in [6.07, 6.45) is 5.91. The van der Waals surface area contributed by atoms with Crippen molar-refractivity contribution in [3.8, 4) is 5.75 Å². The average molecular weight is 389 g/mol. The number of nitrogens with one attached hydrogen (secondary N) is 1. The van der Waals surface area contributed by atoms with Crippen LogP contribution in [0.15, 0.2) is 23.4 Å². The molecule has 0 unspecified atom stereocenters. The number of thioether (sulfide) groups is 1. The van der Waals surface area contributed by atoms with E-state index in [0.717, 1.165) is 29.6 Å². The van der Waals surface area contributed by atoms with Gasteiger partial charge in [-0.3, -0.25) is 4.79 Å². The fourth-order valence-corrected chi connectivity index (χ4v) is 3.94. The Labute approximate surface area is 165 Å². The highest BCUT2D eigenvalue weighted by Gasteiger charge is 2.17. The average Bonchev–Trinajstić information content (AvgIpc) is 3.01. The lowest BCUT2D eigenvalue weighted by molar-refractivity contribution is -0.119. The predicted octanol–water partition coefficient (Wildman–Crippen LogP) is 3.55. The largest absolute Gasteiger partial charge is 0.486 e. The summed E-state index contributed by atoms with van der Waals surface area (Å²) in [7, 11) is 1.90. The van der Waals surface area contributed by atoms with Gasteiger partial charge in [-0.05, 0) is 49.9 Å². The van der Waals surface area contributed by atoms with Gasteiger partial charge in [0.15, 0.2) is 11.0 Å². The molecule has 0 spiro atoms. The van der Waals surface area contributed by atoms with Crippen LogP contribution in [0.2, 0.25) is 0 Å². The first kappa shape index (κ1) is 19.7. The Morgan fingerprint density at radius 2 is 2.00 bits per heavy atom. The molecule has 146 valence electrons. The monoisotopic (exact) mass is 388 g/mol. The number of carbonyl (C=O) groups excluding carboxylic acids is 1. The normalized spacial score (nSPS) is 14.9. The minimum atomic E-state index is 0.0721. The number of hydrogen-bond acceptors (Lipinski definition) is 5. The zero-order valence-corrected chi connectivity index (χ0v) is 17.1. The van der Waals surface area contributed by atoms with Gasteiger partial charge < -0.3 is 14.6 Å². The molecule has 0 saturated heterocycles. The van der Waals surface area contributed by atoms with Crippen LogP contribution in [0.3, 0.4) is 0 Å². The SMILES string of the molecule is Cc1ccc(OCc2nnc(SCC(=O)NC3CCCCC3)n2C)cc1C. The third-order valence-electron chi connectivity index (χ3n) is 5.07. The van der Waals surface area contributed by atoms with Gasteiger partial charge >= 0.3 is 0 Å². The van der Waals surface area contributed by atoms with Crippen molar-refractivity contribution >= 4 is 17.7 Å². The van der Waals surface area contributed by atoms with Crippen molar-refractivity contribution in [3.05, 3.63) is 35.2 Å². The summed E-state index contributed by atoms with van der Waals surface area (Å²) >= 11 is 1.41. The number of benzene rings is 1. The molecule has 6 nitrogen and oxygen atoms in total. The number of carbonyl (C=O) groups is 1. The van der Waals surface area contributed by atoms with E-state index in [0.29, 0.717) is 18.4 Å². The molecular weight excluding hydrogens is 360 g/mol. The molecule has 1 saturated carbocycles. The molecule has 3 rings (SSSR count). The van der Waals surface area contributed by atoms with Crippen molar-refractivity contribution < 1.29 is 9.53 Å². The summed E-state index contributed by atoms with van der Waals surface area (Å²) in [6, 6.07) is 6.38. The Morgan fingerprint density at radius 3 is 2.74 bits per heavy atom. The van der Waals surface area contributed by atoms with Crippen molar-refractivity contribution in [1.82, 2.24) is 20.1 Å². The van der Waals surface area contributed by atoms with Crippen LogP contribution in [0.4, 0.5) is 0 Å². The lowest BCUT2D eigenvalue weighted by atomic mass is 9.95. The van der Waals surface area contributed by atoms with Crippen LogP contribution in [0, 0.1) is 13.8 Å². The second-order valence-corrected chi connectivity index (χ2v) is 8.13. The molecule has 0 atom stereocenters. The van der Waals surface area contributed by atoms with Crippen molar-refractivity contribution in [2.24, 2.45) is 7.05 Å². The molecule has 1 aliphatic carbocycles. The number of ether oxygens (including phenoxy) is 1. The maximum absolute atomic E-state index is 12.2. The van der Waals surface area contributed by atoms with E-state index in [2.05, 4.69) is 29.4 Å². The Balaban J connectivity index is 1.49. The number of hydrogen-bond donors (Lipinski definition) is 1. The maximum atomic E-state index is 12.2. The van der Waals surface area contributed by atoms with E-state index in [1.807, 2.05) is 29.8 Å². The van der Waals surface area contributed by atoms with Gasteiger partial charge in [-0.2, -0.15) is 0 Å². The first-order valence-corrected chi connectivity index (χ1v) is 10.5. The smallest absolute Gasteiger partial charge is 0.230 e. The summed E-state index contributed by atoms with van der Waals surface area (Å²) in [6.45, 7) is 4.49. The molecule has 1 aromatic carbocycles. The van der Waals surface area contributed by atoms with Crippen LogP contribution in [-0.2, 0) is 18.4 Å². The molecule has 1 fully saturated rings. The van der Waals surface area contributed by atoms with Crippen LogP contribution in [0.25, 0.3) is 0 Å². The first-order valence-electron chi connectivity index (χ1n) is 9.53. The second kappa shape index (κ2) is 9.26. The minimum Gasteiger partial charge on any atom is -0.486 e. The minimum absolute atomic E-state index is 0.0721. The molecule has 1 N–H and O–H groups in total. The molecule has 0 aliphatic heterocycles. The summed E-state index contributed by atoms with van der Waals surface area (Å²) in [5.41, 5.74) is 2.44. The number of aromatic nitrogens is 3. The standard InChI is InChI=1S/C20H28N4O2S/c1-14-9-10-17(11-15(14)2)26-12-18-22-23-20(24(18)3)27-13-19(25)21-16-7-5-4-6-8-16/h9-11,16H,4-8,12-13H2,1-3H3,(H,21,25). The molecule has 1 amide bonds. The van der Waals surface area contributed by atoms with Crippen molar-refractivity contribution in [3.63, 3.8) is 0 Å². The quantitative estimate of drug-likeness (QED) is 0.735. The van der Waals surface area contributed by atoms with Gasteiger partial charge in [0, 0.05) is 13.1 Å². The highest BCUT2D eigenvalue weighted by atomic mass is 32.2. The molecule has 27 heavy (non-hydrogen) atoms. The van der Waals surface area contributed by atoms with E-state index >= 15 is 0 Å². The summed E-state index contributed by atoms with van der Waals surface area (Å²) < 4.78 is 7.72. The van der Waals surface area contributed by atoms with Crippen molar-refractivity contribution in [2.75, 3.05) is 5.75 Å². The Kier molecular flexibility index (Phi) is 6.77. The van der Waals surface area contributed by atoms with Gasteiger partial charge in [-0.1, -0.05) is 37.1 Å². The second-order valence-electron chi connectivity index (χ2n) is 7.18. The summed E-state index contributed by atoms with van der Waals surface area (Å²) in [5.74, 6) is 1.99. The van der Waals surface area contributed by atoms with Gasteiger partial charge in [-0.15, -0.1) is 10.2 Å². The number of amides is 1. The third-order valence-corrected chi connectivity index (χ3v) is 6.09. The Bertz CT molecular complexity index is 784. The number of aryl methyl sites for hydroxylation is 2. The number of nitrogens with zero attached hydrogens (tertiary/aromatic N) is 3. The molecule has 2 aromatic rings. The molecule has 1 heterocycles. The molecule has 0 radical (unpaired) electrons. The van der Waals surface area contributed by atoms with Gasteiger partial charge in [-0.25, -0.2) is 0 Å². The third kappa shape index (κ3) is 5.48. The maximum Gasteiger partial charge on any atom is 0.230 e. The van der Waals surface area contributed by atoms with Crippen LogP contribution in [-0.4, -0.2) is 32.5 Å². The molecule has 1 aliphatic rings. The fraction of sp³-hybridized carbons (Fsp3) is 0.550. The molecule has 1 aromatic heterocycles. The predicted molar refractivity (Wildman–Crippen MR) is 107 cm³/mol. The molecular formula is C20H28N4O2S. The van der Waals surface area contributed by atoms with Gasteiger partial charge in [0.2, 0.25) is 5.91 Å². The Morgan fingerprint density at radius 1 is 1.22 bits per heavy atom. The highest BCUT2D eigenvalue weighted by molar-refractivity contribution is 7.99. The van der Waals surface area contributed by atoms with E-state index in [4.69, 9.17) is 4.74 Å². The van der Waals surface area contributed by atoms with E-state index in [1.54, 1.807) is 0 Å². The zero-order chi connectivity index (χ0) is 19.2. The number of rotatable bonds is 7. The summed E-state index contributed by atoms with van der Waals surface area (Å²) in [4.78, 5) is 12.2. The Hall–Kier alpha value is -2.02. The van der Waals surface area contributed by atoms with Crippen molar-refractivity contribution in [2.45, 2.75) is 63.8 Å². The van der Waals surface area contributed by atoms with Gasteiger partial charge in [0.05, 0.1) is 5.75 Å². The van der Waals surface area contributed by atoms with Crippen LogP contribution in [0.1, 0.15) is 49.1 Å². The zero-order valence-electron chi connectivity index (χ0n) is 16.3. The van der Waals surface area contributed by atoms with E-state index < -0.39 is 0 Å². The topological polar surface area (TPSA) is 69.0 Å². The lowest BCUT2D eigenvalue weighted by Crippen LogP contribution is -2.37. The highest BCUT2D eigenvalue weighted by Crippen LogP contribution is 2.20. The molecule has 7 heteroatoms.